The highest BCUT2D eigenvalue weighted by atomic mass is 16.8. The molecule has 4 bridgehead atoms. The molecule has 8 nitrogen and oxygen atoms in total. The summed E-state index contributed by atoms with van der Waals surface area (Å²) in [6.07, 6.45) is 0. The third-order valence-electron chi connectivity index (χ3n) is 1.53. The smallest absolute Gasteiger partial charge is 0.470 e. The van der Waals surface area contributed by atoms with Gasteiger partial charge < -0.3 is 14.0 Å². The lowest BCUT2D eigenvalue weighted by atomic mass is 10.2. The maximum Gasteiger partial charge on any atom is 0.868 e. The van der Waals surface area contributed by atoms with Crippen LogP contribution in [0, 0.1) is 10.1 Å². The van der Waals surface area contributed by atoms with E-state index in [0.29, 0.717) is 4.68 Å². The molecule has 60 valence electrons. The van der Waals surface area contributed by atoms with E-state index in [0.717, 1.165) is 0 Å². The molecule has 3 aliphatic heterocycles. The van der Waals surface area contributed by atoms with Crippen LogP contribution < -0.4 is 14.0 Å². The Labute approximate surface area is 64.9 Å². The molecule has 9 heteroatoms. The van der Waals surface area contributed by atoms with Crippen molar-refractivity contribution >= 4 is 7.32 Å². The zero-order valence-corrected chi connectivity index (χ0v) is 5.46. The van der Waals surface area contributed by atoms with Gasteiger partial charge in [-0.2, -0.15) is 4.98 Å². The molecule has 0 radical (unpaired) electrons. The zero-order chi connectivity index (χ0) is 8.29. The summed E-state index contributed by atoms with van der Waals surface area (Å²) in [5.41, 5.74) is 0. The fourth-order valence-corrected chi connectivity index (χ4v) is 1.10. The van der Waals surface area contributed by atoms with Crippen molar-refractivity contribution in [2.75, 3.05) is 0 Å². The first kappa shape index (κ1) is 5.69. The molecule has 4 heterocycles. The SMILES string of the molecule is O=[N+]([O-])n1c2nc3c1OB(O3)O2. The van der Waals surface area contributed by atoms with Crippen molar-refractivity contribution in [3.63, 3.8) is 0 Å². The number of nitro groups is 1. The van der Waals surface area contributed by atoms with Gasteiger partial charge in [0.15, 0.2) is 5.03 Å². The molecule has 0 aliphatic carbocycles. The average molecular weight is 169 g/mol. The fraction of sp³-hybridized carbons (Fsp3) is 0. The molecule has 1 aromatic rings. The van der Waals surface area contributed by atoms with E-state index in [9.17, 15) is 10.1 Å². The van der Waals surface area contributed by atoms with E-state index in [1.165, 1.54) is 0 Å². The topological polar surface area (TPSA) is 88.7 Å². The van der Waals surface area contributed by atoms with Crippen molar-refractivity contribution in [1.82, 2.24) is 9.66 Å². The molecule has 0 N–H and O–H groups in total. The highest BCUT2D eigenvalue weighted by Gasteiger charge is 2.52. The Morgan fingerprint density at radius 3 is 3.00 bits per heavy atom. The first-order valence-corrected chi connectivity index (χ1v) is 3.03. The molecule has 1 aromatic heterocycles. The summed E-state index contributed by atoms with van der Waals surface area (Å²) < 4.78 is 15.0. The van der Waals surface area contributed by atoms with Crippen LogP contribution in [0.5, 0.6) is 17.8 Å². The fourth-order valence-electron chi connectivity index (χ4n) is 1.10. The van der Waals surface area contributed by atoms with E-state index in [1.54, 1.807) is 0 Å². The van der Waals surface area contributed by atoms with Gasteiger partial charge >= 0.3 is 19.2 Å². The van der Waals surface area contributed by atoms with Gasteiger partial charge in [-0.25, -0.2) is 10.1 Å². The van der Waals surface area contributed by atoms with Crippen molar-refractivity contribution in [2.24, 2.45) is 0 Å². The van der Waals surface area contributed by atoms with Gasteiger partial charge in [0, 0.05) is 4.68 Å². The monoisotopic (exact) mass is 169 g/mol. The molecule has 0 aromatic carbocycles. The summed E-state index contributed by atoms with van der Waals surface area (Å²) in [6, 6.07) is -0.104. The van der Waals surface area contributed by atoms with Crippen LogP contribution in [-0.2, 0) is 0 Å². The highest BCUT2D eigenvalue weighted by Crippen LogP contribution is 2.41. The molecule has 0 saturated heterocycles. The van der Waals surface area contributed by atoms with Crippen molar-refractivity contribution in [2.45, 2.75) is 0 Å². The van der Waals surface area contributed by atoms with E-state index >= 15 is 0 Å². The van der Waals surface area contributed by atoms with E-state index in [4.69, 9.17) is 14.0 Å². The Hall–Kier alpha value is -1.93. The minimum Gasteiger partial charge on any atom is -0.470 e. The Kier molecular flexibility index (Phi) is 0.696. The number of rotatable bonds is 1. The second kappa shape index (κ2) is 1.47. The molecular weight excluding hydrogens is 169 g/mol. The van der Waals surface area contributed by atoms with Crippen LogP contribution in [0.4, 0.5) is 0 Å². The molecular formula is C3BN3O5. The molecule has 0 spiro atoms. The molecule has 0 unspecified atom stereocenters. The first-order valence-electron chi connectivity index (χ1n) is 3.03. The number of hydrogen-bond acceptors (Lipinski definition) is 6. The minimum atomic E-state index is -0.890. The molecule has 12 heavy (non-hydrogen) atoms. The van der Waals surface area contributed by atoms with E-state index < -0.39 is 12.4 Å². The Morgan fingerprint density at radius 1 is 1.50 bits per heavy atom. The van der Waals surface area contributed by atoms with Gasteiger partial charge in [-0.15, -0.1) is 0 Å². The predicted molar refractivity (Wildman–Crippen MR) is 32.3 cm³/mol. The number of hydrogen-bond donors (Lipinski definition) is 0. The van der Waals surface area contributed by atoms with Crippen LogP contribution >= 0.6 is 0 Å². The summed E-state index contributed by atoms with van der Waals surface area (Å²) in [5.74, 6) is 0.101. The van der Waals surface area contributed by atoms with Crippen molar-refractivity contribution < 1.29 is 19.0 Å². The maximum absolute atomic E-state index is 10.4. The van der Waals surface area contributed by atoms with Gasteiger partial charge in [0.2, 0.25) is 0 Å². The lowest BCUT2D eigenvalue weighted by Crippen LogP contribution is -2.38. The van der Waals surface area contributed by atoms with Crippen LogP contribution in [-0.4, -0.2) is 22.0 Å². The molecule has 4 rings (SSSR count). The van der Waals surface area contributed by atoms with Crippen LogP contribution in [0.1, 0.15) is 0 Å². The second-order valence-corrected chi connectivity index (χ2v) is 2.20. The van der Waals surface area contributed by atoms with E-state index in [1.807, 2.05) is 0 Å². The molecule has 0 fully saturated rings. The third kappa shape index (κ3) is 0.447. The molecule has 0 amide bonds. The zero-order valence-electron chi connectivity index (χ0n) is 5.46. The standard InChI is InChI=1S/C3BN3O5/c8-7(9)6-2-1-5-3(6)12-4(10-1)11-2. The van der Waals surface area contributed by atoms with Gasteiger partial charge in [-0.3, -0.25) is 0 Å². The number of imidazole rings is 1. The molecule has 3 aliphatic rings. The third-order valence-corrected chi connectivity index (χ3v) is 1.53. The Bertz CT molecular complexity index is 386. The van der Waals surface area contributed by atoms with Gasteiger partial charge in [0.1, 0.15) is 0 Å². The normalized spacial score (nSPS) is 15.5. The summed E-state index contributed by atoms with van der Waals surface area (Å²) in [5, 5.41) is 9.69. The van der Waals surface area contributed by atoms with Crippen molar-refractivity contribution in [1.29, 1.82) is 0 Å². The number of aromatic nitrogens is 2. The van der Waals surface area contributed by atoms with E-state index in [-0.39, 0.29) is 17.8 Å². The quantitative estimate of drug-likeness (QED) is 0.306. The van der Waals surface area contributed by atoms with Crippen LogP contribution in [0.2, 0.25) is 0 Å². The summed E-state index contributed by atoms with van der Waals surface area (Å²) in [4.78, 5) is 14.0. The lowest BCUT2D eigenvalue weighted by molar-refractivity contribution is -0.545. The van der Waals surface area contributed by atoms with Crippen LogP contribution in [0.15, 0.2) is 0 Å². The molecule has 0 atom stereocenters. The largest absolute Gasteiger partial charge is 0.868 e. The van der Waals surface area contributed by atoms with Crippen LogP contribution in [0.3, 0.4) is 0 Å². The summed E-state index contributed by atoms with van der Waals surface area (Å²) in [7, 11) is -0.890. The van der Waals surface area contributed by atoms with Gasteiger partial charge in [0.25, 0.3) is 5.88 Å². The average Bonchev–Trinajstić information content (AvgIpc) is 2.38. The Morgan fingerprint density at radius 2 is 2.33 bits per heavy atom. The predicted octanol–water partition coefficient (Wildman–Crippen LogP) is -0.929. The Balaban J connectivity index is 2.30. The van der Waals surface area contributed by atoms with Crippen molar-refractivity contribution in [3.8, 4) is 17.8 Å². The van der Waals surface area contributed by atoms with Gasteiger partial charge in [0.05, 0.1) is 0 Å². The number of nitrogens with zero attached hydrogens (tertiary/aromatic N) is 3. The summed E-state index contributed by atoms with van der Waals surface area (Å²) in [6.45, 7) is 0. The lowest BCUT2D eigenvalue weighted by Gasteiger charge is -2.10. The van der Waals surface area contributed by atoms with E-state index in [2.05, 4.69) is 4.98 Å². The highest BCUT2D eigenvalue weighted by molar-refractivity contribution is 6.41. The second-order valence-electron chi connectivity index (χ2n) is 2.20. The van der Waals surface area contributed by atoms with Crippen molar-refractivity contribution in [3.05, 3.63) is 10.1 Å². The van der Waals surface area contributed by atoms with Gasteiger partial charge in [-0.05, 0) is 0 Å². The summed E-state index contributed by atoms with van der Waals surface area (Å²) >= 11 is 0. The maximum atomic E-state index is 10.4. The minimum absolute atomic E-state index is 0.00810. The van der Waals surface area contributed by atoms with Gasteiger partial charge in [-0.1, -0.05) is 0 Å². The van der Waals surface area contributed by atoms with Crippen LogP contribution in [0.25, 0.3) is 0 Å². The first-order chi connectivity index (χ1) is 5.75. The molecule has 0 saturated carbocycles.